The van der Waals surface area contributed by atoms with Gasteiger partial charge in [0, 0.05) is 17.0 Å². The van der Waals surface area contributed by atoms with Gasteiger partial charge in [0.15, 0.2) is 0 Å². The van der Waals surface area contributed by atoms with Crippen molar-refractivity contribution in [3.63, 3.8) is 0 Å². The minimum Gasteiger partial charge on any atom is -0.457 e. The van der Waals surface area contributed by atoms with Gasteiger partial charge >= 0.3 is 0 Å². The van der Waals surface area contributed by atoms with Crippen molar-refractivity contribution in [3.8, 4) is 11.5 Å². The average molecular weight is 261 g/mol. The van der Waals surface area contributed by atoms with Crippen LogP contribution >= 0.6 is 11.8 Å². The Labute approximate surface area is 109 Å². The maximum atomic E-state index is 10.5. The minimum absolute atomic E-state index is 0.0556. The summed E-state index contributed by atoms with van der Waals surface area (Å²) in [6, 6.07) is 13.7. The molecule has 2 aromatic rings. The monoisotopic (exact) mass is 261 g/mol. The Bertz CT molecular complexity index is 537. The summed E-state index contributed by atoms with van der Waals surface area (Å²) in [5, 5.41) is 10.5. The second-order valence-electron chi connectivity index (χ2n) is 3.53. The van der Waals surface area contributed by atoms with E-state index in [2.05, 4.69) is 0 Å². The van der Waals surface area contributed by atoms with Gasteiger partial charge in [-0.1, -0.05) is 0 Å². The Balaban J connectivity index is 2.10. The Hall–Kier alpha value is -2.01. The van der Waals surface area contributed by atoms with Crippen molar-refractivity contribution in [1.82, 2.24) is 0 Å². The summed E-state index contributed by atoms with van der Waals surface area (Å²) in [7, 11) is 0. The van der Waals surface area contributed by atoms with Crippen LogP contribution in [0.1, 0.15) is 0 Å². The molecule has 0 aromatic heterocycles. The number of ether oxygens (including phenoxy) is 1. The van der Waals surface area contributed by atoms with E-state index < -0.39 is 4.92 Å². The Kier molecular flexibility index (Phi) is 3.84. The van der Waals surface area contributed by atoms with E-state index in [9.17, 15) is 10.1 Å². The first-order chi connectivity index (χ1) is 8.69. The molecule has 0 aliphatic carbocycles. The van der Waals surface area contributed by atoms with E-state index in [1.165, 1.54) is 12.1 Å². The summed E-state index contributed by atoms with van der Waals surface area (Å²) < 4.78 is 5.58. The van der Waals surface area contributed by atoms with Crippen molar-refractivity contribution in [2.24, 2.45) is 0 Å². The third-order valence-electron chi connectivity index (χ3n) is 2.34. The van der Waals surface area contributed by atoms with Crippen molar-refractivity contribution in [3.05, 3.63) is 58.6 Å². The van der Waals surface area contributed by atoms with Gasteiger partial charge in [0.25, 0.3) is 5.69 Å². The molecule has 0 amide bonds. The Morgan fingerprint density at radius 1 is 1.00 bits per heavy atom. The summed E-state index contributed by atoms with van der Waals surface area (Å²) in [4.78, 5) is 11.2. The fourth-order valence-corrected chi connectivity index (χ4v) is 1.82. The number of benzene rings is 2. The van der Waals surface area contributed by atoms with Crippen LogP contribution in [0.5, 0.6) is 11.5 Å². The smallest absolute Gasteiger partial charge is 0.269 e. The lowest BCUT2D eigenvalue weighted by atomic mass is 10.3. The summed E-state index contributed by atoms with van der Waals surface area (Å²) in [5.74, 6) is 1.29. The first kappa shape index (κ1) is 12.4. The number of nitro groups is 1. The van der Waals surface area contributed by atoms with Gasteiger partial charge in [-0.05, 0) is 42.7 Å². The quantitative estimate of drug-likeness (QED) is 0.472. The zero-order chi connectivity index (χ0) is 13.0. The Morgan fingerprint density at radius 2 is 1.50 bits per heavy atom. The van der Waals surface area contributed by atoms with E-state index in [1.54, 1.807) is 23.9 Å². The minimum atomic E-state index is -0.433. The zero-order valence-corrected chi connectivity index (χ0v) is 10.5. The Morgan fingerprint density at radius 3 is 1.94 bits per heavy atom. The van der Waals surface area contributed by atoms with Crippen molar-refractivity contribution in [2.45, 2.75) is 4.90 Å². The highest BCUT2D eigenvalue weighted by molar-refractivity contribution is 7.98. The topological polar surface area (TPSA) is 52.4 Å². The lowest BCUT2D eigenvalue weighted by Crippen LogP contribution is -1.88. The number of non-ortho nitro benzene ring substituents is 1. The van der Waals surface area contributed by atoms with Crippen molar-refractivity contribution in [1.29, 1.82) is 0 Å². The zero-order valence-electron chi connectivity index (χ0n) is 9.70. The van der Waals surface area contributed by atoms with Gasteiger partial charge < -0.3 is 4.74 Å². The van der Waals surface area contributed by atoms with Crippen LogP contribution in [0.15, 0.2) is 53.4 Å². The number of nitrogens with zero attached hydrogens (tertiary/aromatic N) is 1. The van der Waals surface area contributed by atoms with Crippen LogP contribution in [0.3, 0.4) is 0 Å². The van der Waals surface area contributed by atoms with Gasteiger partial charge in [-0.25, -0.2) is 0 Å². The predicted molar refractivity (Wildman–Crippen MR) is 71.4 cm³/mol. The van der Waals surface area contributed by atoms with Crippen molar-refractivity contribution < 1.29 is 9.66 Å². The van der Waals surface area contributed by atoms with E-state index in [1.807, 2.05) is 30.5 Å². The molecule has 4 nitrogen and oxygen atoms in total. The van der Waals surface area contributed by atoms with Crippen LogP contribution in [0, 0.1) is 10.1 Å². The highest BCUT2D eigenvalue weighted by atomic mass is 32.2. The van der Waals surface area contributed by atoms with E-state index in [0.717, 1.165) is 4.90 Å². The van der Waals surface area contributed by atoms with Gasteiger partial charge in [0.1, 0.15) is 11.5 Å². The second-order valence-corrected chi connectivity index (χ2v) is 4.41. The molecule has 0 atom stereocenters. The van der Waals surface area contributed by atoms with E-state index in [-0.39, 0.29) is 5.69 Å². The molecule has 0 spiro atoms. The second kappa shape index (κ2) is 5.55. The predicted octanol–water partition coefficient (Wildman–Crippen LogP) is 4.11. The maximum absolute atomic E-state index is 10.5. The molecule has 0 bridgehead atoms. The number of nitro benzene ring substituents is 1. The molecule has 0 aliphatic rings. The molecule has 0 unspecified atom stereocenters. The lowest BCUT2D eigenvalue weighted by molar-refractivity contribution is -0.384. The van der Waals surface area contributed by atoms with E-state index in [0.29, 0.717) is 11.5 Å². The molecular weight excluding hydrogens is 250 g/mol. The van der Waals surface area contributed by atoms with Crippen molar-refractivity contribution >= 4 is 17.4 Å². The molecule has 92 valence electrons. The number of hydrogen-bond donors (Lipinski definition) is 0. The number of hydrogen-bond acceptors (Lipinski definition) is 4. The fourth-order valence-electron chi connectivity index (χ4n) is 1.42. The molecule has 2 aromatic carbocycles. The van der Waals surface area contributed by atoms with E-state index in [4.69, 9.17) is 4.74 Å². The van der Waals surface area contributed by atoms with Crippen LogP contribution in [0.2, 0.25) is 0 Å². The lowest BCUT2D eigenvalue weighted by Gasteiger charge is -2.05. The molecule has 0 heterocycles. The van der Waals surface area contributed by atoms with Gasteiger partial charge in [-0.3, -0.25) is 10.1 Å². The standard InChI is InChI=1S/C13H11NO3S/c1-18-13-8-6-12(7-9-13)17-11-4-2-10(3-5-11)14(15)16/h2-9H,1H3. The molecule has 18 heavy (non-hydrogen) atoms. The van der Waals surface area contributed by atoms with E-state index >= 15 is 0 Å². The normalized spacial score (nSPS) is 10.1. The molecule has 0 radical (unpaired) electrons. The number of thioether (sulfide) groups is 1. The first-order valence-electron chi connectivity index (χ1n) is 5.25. The van der Waals surface area contributed by atoms with Crippen LogP contribution < -0.4 is 4.74 Å². The van der Waals surface area contributed by atoms with Crippen LogP contribution in [0.25, 0.3) is 0 Å². The third-order valence-corrected chi connectivity index (χ3v) is 3.09. The molecule has 5 heteroatoms. The third kappa shape index (κ3) is 3.01. The van der Waals surface area contributed by atoms with Crippen LogP contribution in [0.4, 0.5) is 5.69 Å². The summed E-state index contributed by atoms with van der Waals surface area (Å²) in [5.41, 5.74) is 0.0556. The van der Waals surface area contributed by atoms with Gasteiger partial charge in [0.2, 0.25) is 0 Å². The average Bonchev–Trinajstić information content (AvgIpc) is 2.40. The van der Waals surface area contributed by atoms with Gasteiger partial charge in [-0.15, -0.1) is 11.8 Å². The van der Waals surface area contributed by atoms with Crippen LogP contribution in [-0.2, 0) is 0 Å². The molecule has 0 fully saturated rings. The molecule has 0 saturated carbocycles. The number of rotatable bonds is 4. The molecule has 0 aliphatic heterocycles. The summed E-state index contributed by atoms with van der Waals surface area (Å²) in [6.07, 6.45) is 2.01. The molecule has 0 saturated heterocycles. The molecule has 0 N–H and O–H groups in total. The van der Waals surface area contributed by atoms with Crippen molar-refractivity contribution in [2.75, 3.05) is 6.26 Å². The highest BCUT2D eigenvalue weighted by Gasteiger charge is 2.04. The summed E-state index contributed by atoms with van der Waals surface area (Å²) in [6.45, 7) is 0. The fraction of sp³-hybridized carbons (Fsp3) is 0.0769. The molecular formula is C13H11NO3S. The summed E-state index contributed by atoms with van der Waals surface area (Å²) >= 11 is 1.66. The largest absolute Gasteiger partial charge is 0.457 e. The maximum Gasteiger partial charge on any atom is 0.269 e. The molecule has 2 rings (SSSR count). The highest BCUT2D eigenvalue weighted by Crippen LogP contribution is 2.25. The SMILES string of the molecule is CSc1ccc(Oc2ccc([N+](=O)[O-])cc2)cc1. The first-order valence-corrected chi connectivity index (χ1v) is 6.48. The van der Waals surface area contributed by atoms with Gasteiger partial charge in [-0.2, -0.15) is 0 Å². The van der Waals surface area contributed by atoms with Crippen LogP contribution in [-0.4, -0.2) is 11.2 Å². The van der Waals surface area contributed by atoms with Gasteiger partial charge in [0.05, 0.1) is 4.92 Å².